The number of methoxy groups -OCH3 is 3. The number of rotatable bonds is 7. The van der Waals surface area contributed by atoms with Crippen molar-refractivity contribution in [2.24, 2.45) is 0 Å². The van der Waals surface area contributed by atoms with Crippen molar-refractivity contribution >= 4 is 5.69 Å². The highest BCUT2D eigenvalue weighted by atomic mass is 16.5. The van der Waals surface area contributed by atoms with E-state index in [-0.39, 0.29) is 6.10 Å². The molecule has 2 N–H and O–H groups in total. The third-order valence-corrected chi connectivity index (χ3v) is 3.08. The lowest BCUT2D eigenvalue weighted by Gasteiger charge is -2.15. The normalized spacial score (nSPS) is 12.3. The van der Waals surface area contributed by atoms with Crippen LogP contribution in [0.15, 0.2) is 18.2 Å². The zero-order valence-electron chi connectivity index (χ0n) is 12.3. The molecule has 8 nitrogen and oxygen atoms in total. The number of nitrogens with two attached hydrogens (primary N) is 1. The molecule has 0 fully saturated rings. The summed E-state index contributed by atoms with van der Waals surface area (Å²) in [6.07, 6.45) is -0.132. The van der Waals surface area contributed by atoms with Crippen LogP contribution >= 0.6 is 0 Å². The van der Waals surface area contributed by atoms with E-state index in [1.165, 1.54) is 0 Å². The van der Waals surface area contributed by atoms with Gasteiger partial charge in [0.1, 0.15) is 11.9 Å². The van der Waals surface area contributed by atoms with Gasteiger partial charge in [0.2, 0.25) is 0 Å². The molecule has 0 aliphatic rings. The number of benzene rings is 1. The van der Waals surface area contributed by atoms with Crippen LogP contribution in [0.3, 0.4) is 0 Å². The number of anilines is 1. The second-order valence-corrected chi connectivity index (χ2v) is 4.45. The minimum Gasteiger partial charge on any atom is -0.495 e. The molecular weight excluding hydrogens is 274 g/mol. The van der Waals surface area contributed by atoms with Crippen molar-refractivity contribution in [3.63, 3.8) is 0 Å². The maximum atomic E-state index is 5.92. The van der Waals surface area contributed by atoms with Gasteiger partial charge in [-0.3, -0.25) is 0 Å². The molecule has 1 aromatic carbocycles. The van der Waals surface area contributed by atoms with Crippen LogP contribution in [0.1, 0.15) is 0 Å². The first-order chi connectivity index (χ1) is 10.2. The van der Waals surface area contributed by atoms with Gasteiger partial charge in [-0.15, -0.1) is 5.10 Å². The second-order valence-electron chi connectivity index (χ2n) is 4.45. The van der Waals surface area contributed by atoms with Gasteiger partial charge in [0.05, 0.1) is 25.9 Å². The van der Waals surface area contributed by atoms with Crippen LogP contribution < -0.4 is 10.5 Å². The Kier molecular flexibility index (Phi) is 5.07. The van der Waals surface area contributed by atoms with Crippen molar-refractivity contribution in [1.82, 2.24) is 20.2 Å². The van der Waals surface area contributed by atoms with E-state index in [4.69, 9.17) is 19.9 Å². The van der Waals surface area contributed by atoms with E-state index in [2.05, 4.69) is 15.5 Å². The minimum atomic E-state index is -0.132. The third kappa shape index (κ3) is 3.47. The number of nitrogens with zero attached hydrogens (tertiary/aromatic N) is 4. The molecular formula is C13H19N5O3. The summed E-state index contributed by atoms with van der Waals surface area (Å²) in [7, 11) is 4.82. The molecule has 0 aliphatic carbocycles. The van der Waals surface area contributed by atoms with Gasteiger partial charge in [0.15, 0.2) is 5.82 Å². The molecule has 2 rings (SSSR count). The molecule has 0 saturated heterocycles. The molecule has 114 valence electrons. The Morgan fingerprint density at radius 1 is 1.29 bits per heavy atom. The van der Waals surface area contributed by atoms with Gasteiger partial charge in [-0.25, -0.2) is 4.68 Å². The summed E-state index contributed by atoms with van der Waals surface area (Å²) in [6.45, 7) is 0.944. The van der Waals surface area contributed by atoms with Gasteiger partial charge < -0.3 is 19.9 Å². The molecule has 1 unspecified atom stereocenters. The average Bonchev–Trinajstić information content (AvgIpc) is 2.94. The Hall–Kier alpha value is -2.19. The summed E-state index contributed by atoms with van der Waals surface area (Å²) in [4.78, 5) is 0. The smallest absolute Gasteiger partial charge is 0.182 e. The van der Waals surface area contributed by atoms with Crippen LogP contribution in [0.2, 0.25) is 0 Å². The van der Waals surface area contributed by atoms with Gasteiger partial charge >= 0.3 is 0 Å². The zero-order chi connectivity index (χ0) is 15.2. The molecule has 8 heteroatoms. The SMILES string of the molecule is COCC(Cn1nnnc1-c1ccc(OC)c(N)c1)OC. The highest BCUT2D eigenvalue weighted by Crippen LogP contribution is 2.26. The summed E-state index contributed by atoms with van der Waals surface area (Å²) in [5.41, 5.74) is 7.26. The quantitative estimate of drug-likeness (QED) is 0.746. The van der Waals surface area contributed by atoms with Crippen LogP contribution in [-0.4, -0.2) is 54.2 Å². The average molecular weight is 293 g/mol. The van der Waals surface area contributed by atoms with Crippen molar-refractivity contribution in [3.05, 3.63) is 18.2 Å². The van der Waals surface area contributed by atoms with Crippen LogP contribution in [0.4, 0.5) is 5.69 Å². The molecule has 0 aliphatic heterocycles. The van der Waals surface area contributed by atoms with E-state index >= 15 is 0 Å². The molecule has 0 bridgehead atoms. The van der Waals surface area contributed by atoms with Crippen molar-refractivity contribution in [2.75, 3.05) is 33.7 Å². The van der Waals surface area contributed by atoms with Gasteiger partial charge in [0, 0.05) is 19.8 Å². The highest BCUT2D eigenvalue weighted by molar-refractivity contribution is 5.66. The maximum Gasteiger partial charge on any atom is 0.182 e. The first-order valence-corrected chi connectivity index (χ1v) is 6.41. The predicted octanol–water partition coefficient (Wildman–Crippen LogP) is 0.592. The van der Waals surface area contributed by atoms with Gasteiger partial charge in [-0.05, 0) is 28.6 Å². The van der Waals surface area contributed by atoms with Crippen LogP contribution in [0.5, 0.6) is 5.75 Å². The standard InChI is InChI=1S/C13H19N5O3/c1-19-8-10(20-2)7-18-13(15-16-17-18)9-4-5-12(21-3)11(14)6-9/h4-6,10H,7-8,14H2,1-3H3. The van der Waals surface area contributed by atoms with Crippen LogP contribution in [0.25, 0.3) is 11.4 Å². The van der Waals surface area contributed by atoms with Crippen molar-refractivity contribution in [1.29, 1.82) is 0 Å². The second kappa shape index (κ2) is 7.00. The largest absolute Gasteiger partial charge is 0.495 e. The summed E-state index contributed by atoms with van der Waals surface area (Å²) in [5.74, 6) is 1.23. The summed E-state index contributed by atoms with van der Waals surface area (Å²) < 4.78 is 17.2. The number of ether oxygens (including phenoxy) is 3. The molecule has 0 spiro atoms. The van der Waals surface area contributed by atoms with E-state index < -0.39 is 0 Å². The maximum absolute atomic E-state index is 5.92. The lowest BCUT2D eigenvalue weighted by molar-refractivity contribution is 0.0163. The number of hydrogen-bond donors (Lipinski definition) is 1. The Bertz CT molecular complexity index is 587. The van der Waals surface area contributed by atoms with E-state index in [9.17, 15) is 0 Å². The Morgan fingerprint density at radius 3 is 2.71 bits per heavy atom. The topological polar surface area (TPSA) is 97.3 Å². The Labute approximate surface area is 122 Å². The summed E-state index contributed by atoms with van der Waals surface area (Å²) >= 11 is 0. The Morgan fingerprint density at radius 2 is 2.10 bits per heavy atom. The number of aromatic nitrogens is 4. The van der Waals surface area contributed by atoms with E-state index in [1.807, 2.05) is 6.07 Å². The molecule has 2 aromatic rings. The zero-order valence-corrected chi connectivity index (χ0v) is 12.3. The number of hydrogen-bond acceptors (Lipinski definition) is 7. The molecule has 1 heterocycles. The molecule has 0 saturated carbocycles. The van der Waals surface area contributed by atoms with Gasteiger partial charge in [-0.1, -0.05) is 0 Å². The highest BCUT2D eigenvalue weighted by Gasteiger charge is 2.15. The summed E-state index contributed by atoms with van der Waals surface area (Å²) in [5, 5.41) is 11.7. The lowest BCUT2D eigenvalue weighted by atomic mass is 10.1. The number of nitrogen functional groups attached to an aromatic ring is 1. The predicted molar refractivity (Wildman–Crippen MR) is 76.9 cm³/mol. The molecule has 0 radical (unpaired) electrons. The molecule has 1 aromatic heterocycles. The molecule has 0 amide bonds. The van der Waals surface area contributed by atoms with E-state index in [0.29, 0.717) is 30.4 Å². The lowest BCUT2D eigenvalue weighted by Crippen LogP contribution is -2.25. The summed E-state index contributed by atoms with van der Waals surface area (Å²) in [6, 6.07) is 5.42. The van der Waals surface area contributed by atoms with E-state index in [1.54, 1.807) is 38.1 Å². The Balaban J connectivity index is 2.25. The molecule has 21 heavy (non-hydrogen) atoms. The molecule has 1 atom stereocenters. The van der Waals surface area contributed by atoms with Crippen LogP contribution in [0, 0.1) is 0 Å². The van der Waals surface area contributed by atoms with Crippen molar-refractivity contribution in [2.45, 2.75) is 12.6 Å². The third-order valence-electron chi connectivity index (χ3n) is 3.08. The first kappa shape index (κ1) is 15.2. The fraction of sp³-hybridized carbons (Fsp3) is 0.462. The monoisotopic (exact) mass is 293 g/mol. The number of tetrazole rings is 1. The van der Waals surface area contributed by atoms with Crippen LogP contribution in [-0.2, 0) is 16.0 Å². The van der Waals surface area contributed by atoms with Gasteiger partial charge in [0.25, 0.3) is 0 Å². The minimum absolute atomic E-state index is 0.132. The fourth-order valence-corrected chi connectivity index (χ4v) is 1.98. The van der Waals surface area contributed by atoms with Crippen molar-refractivity contribution in [3.8, 4) is 17.1 Å². The van der Waals surface area contributed by atoms with Gasteiger partial charge in [-0.2, -0.15) is 0 Å². The van der Waals surface area contributed by atoms with E-state index in [0.717, 1.165) is 5.56 Å². The fourth-order valence-electron chi connectivity index (χ4n) is 1.98. The van der Waals surface area contributed by atoms with Crippen molar-refractivity contribution < 1.29 is 14.2 Å². The first-order valence-electron chi connectivity index (χ1n) is 6.41.